The molecule has 1 aromatic carbocycles. The molecule has 0 aliphatic carbocycles. The number of halogens is 1. The number of H-pyrrole nitrogens is 1. The highest BCUT2D eigenvalue weighted by Crippen LogP contribution is 2.22. The van der Waals surface area contributed by atoms with Gasteiger partial charge in [0.05, 0.1) is 0 Å². The van der Waals surface area contributed by atoms with Crippen LogP contribution in [0.3, 0.4) is 0 Å². The van der Waals surface area contributed by atoms with E-state index in [4.69, 9.17) is 0 Å². The van der Waals surface area contributed by atoms with Gasteiger partial charge in [0.25, 0.3) is 0 Å². The van der Waals surface area contributed by atoms with Crippen LogP contribution < -0.4 is 0 Å². The molecular formula is C16H20BrN3. The molecule has 0 spiro atoms. The highest BCUT2D eigenvalue weighted by Gasteiger charge is 2.13. The fourth-order valence-corrected chi connectivity index (χ4v) is 2.93. The number of benzene rings is 1. The summed E-state index contributed by atoms with van der Waals surface area (Å²) in [5, 5.41) is 0. The zero-order valence-corrected chi connectivity index (χ0v) is 13.4. The Kier molecular flexibility index (Phi) is 4.24. The molecule has 0 amide bonds. The lowest BCUT2D eigenvalue weighted by Crippen LogP contribution is -2.43. The van der Waals surface area contributed by atoms with Crippen molar-refractivity contribution in [2.75, 3.05) is 33.2 Å². The third-order valence-electron chi connectivity index (χ3n) is 3.91. The first-order valence-corrected chi connectivity index (χ1v) is 7.84. The van der Waals surface area contributed by atoms with Crippen molar-refractivity contribution >= 4 is 15.9 Å². The van der Waals surface area contributed by atoms with Crippen LogP contribution in [0.1, 0.15) is 5.56 Å². The normalized spacial score (nSPS) is 17.5. The van der Waals surface area contributed by atoms with E-state index >= 15 is 0 Å². The summed E-state index contributed by atoms with van der Waals surface area (Å²) < 4.78 is 1.09. The minimum absolute atomic E-state index is 1.06. The second-order valence-electron chi connectivity index (χ2n) is 5.51. The molecule has 2 aromatic rings. The Balaban J connectivity index is 1.64. The van der Waals surface area contributed by atoms with Crippen LogP contribution in [-0.4, -0.2) is 48.0 Å². The Morgan fingerprint density at radius 1 is 1.10 bits per heavy atom. The van der Waals surface area contributed by atoms with Crippen molar-refractivity contribution < 1.29 is 0 Å². The summed E-state index contributed by atoms with van der Waals surface area (Å²) in [5.41, 5.74) is 3.78. The molecular weight excluding hydrogens is 314 g/mol. The molecule has 0 radical (unpaired) electrons. The standard InChI is InChI=1S/C16H20BrN3/c1-19-6-8-20(9-7-19)12-13-2-4-14(5-3-13)16-10-15(17)11-18-16/h2-5,10-11,18H,6-9,12H2,1H3. The van der Waals surface area contributed by atoms with Gasteiger partial charge in [0.2, 0.25) is 0 Å². The highest BCUT2D eigenvalue weighted by atomic mass is 79.9. The zero-order valence-electron chi connectivity index (χ0n) is 11.8. The lowest BCUT2D eigenvalue weighted by atomic mass is 10.1. The summed E-state index contributed by atoms with van der Waals surface area (Å²) in [7, 11) is 2.20. The fourth-order valence-electron chi connectivity index (χ4n) is 2.59. The zero-order chi connectivity index (χ0) is 13.9. The molecule has 3 nitrogen and oxygen atoms in total. The lowest BCUT2D eigenvalue weighted by Gasteiger charge is -2.32. The van der Waals surface area contributed by atoms with E-state index in [9.17, 15) is 0 Å². The van der Waals surface area contributed by atoms with Gasteiger partial charge in [-0.3, -0.25) is 4.90 Å². The van der Waals surface area contributed by atoms with E-state index in [1.165, 1.54) is 37.3 Å². The highest BCUT2D eigenvalue weighted by molar-refractivity contribution is 9.10. The van der Waals surface area contributed by atoms with Crippen molar-refractivity contribution in [3.8, 4) is 11.3 Å². The van der Waals surface area contributed by atoms with E-state index in [1.54, 1.807) is 0 Å². The molecule has 0 atom stereocenters. The second kappa shape index (κ2) is 6.12. The number of likely N-dealkylation sites (N-methyl/N-ethyl adjacent to an activating group) is 1. The van der Waals surface area contributed by atoms with Gasteiger partial charge in [-0.2, -0.15) is 0 Å². The minimum Gasteiger partial charge on any atom is -0.360 e. The summed E-state index contributed by atoms with van der Waals surface area (Å²) in [4.78, 5) is 8.18. The van der Waals surface area contributed by atoms with E-state index < -0.39 is 0 Å². The van der Waals surface area contributed by atoms with E-state index in [0.717, 1.165) is 16.7 Å². The number of nitrogens with one attached hydrogen (secondary N) is 1. The van der Waals surface area contributed by atoms with E-state index in [2.05, 4.69) is 68.1 Å². The number of aromatic nitrogens is 1. The Morgan fingerprint density at radius 3 is 2.40 bits per heavy atom. The number of aromatic amines is 1. The lowest BCUT2D eigenvalue weighted by molar-refractivity contribution is 0.148. The number of piperazine rings is 1. The summed E-state index contributed by atoms with van der Waals surface area (Å²) >= 11 is 3.47. The molecule has 1 saturated heterocycles. The number of rotatable bonds is 3. The van der Waals surface area contributed by atoms with Gasteiger partial charge in [-0.1, -0.05) is 24.3 Å². The maximum absolute atomic E-state index is 3.47. The van der Waals surface area contributed by atoms with Crippen molar-refractivity contribution in [1.82, 2.24) is 14.8 Å². The van der Waals surface area contributed by atoms with Crippen LogP contribution >= 0.6 is 15.9 Å². The van der Waals surface area contributed by atoms with Crippen molar-refractivity contribution in [3.63, 3.8) is 0 Å². The Labute approximate surface area is 128 Å². The molecule has 106 valence electrons. The van der Waals surface area contributed by atoms with Crippen LogP contribution in [0.15, 0.2) is 41.0 Å². The van der Waals surface area contributed by atoms with Gasteiger partial charge in [-0.05, 0) is 40.2 Å². The molecule has 1 aliphatic heterocycles. The summed E-state index contributed by atoms with van der Waals surface area (Å²) in [6.45, 7) is 5.75. The first-order chi connectivity index (χ1) is 9.70. The fraction of sp³-hybridized carbons (Fsp3) is 0.375. The molecule has 1 N–H and O–H groups in total. The van der Waals surface area contributed by atoms with Gasteiger partial charge < -0.3 is 9.88 Å². The molecule has 0 saturated carbocycles. The van der Waals surface area contributed by atoms with Crippen LogP contribution in [-0.2, 0) is 6.54 Å². The van der Waals surface area contributed by atoms with Gasteiger partial charge in [0, 0.05) is 49.1 Å². The van der Waals surface area contributed by atoms with Crippen molar-refractivity contribution in [2.24, 2.45) is 0 Å². The topological polar surface area (TPSA) is 22.3 Å². The third kappa shape index (κ3) is 3.32. The van der Waals surface area contributed by atoms with E-state index in [0.29, 0.717) is 0 Å². The number of nitrogens with zero attached hydrogens (tertiary/aromatic N) is 2. The maximum atomic E-state index is 3.47. The Morgan fingerprint density at radius 2 is 1.80 bits per heavy atom. The molecule has 0 bridgehead atoms. The van der Waals surface area contributed by atoms with Crippen LogP contribution in [0, 0.1) is 0 Å². The minimum atomic E-state index is 1.06. The molecule has 1 aromatic heterocycles. The van der Waals surface area contributed by atoms with E-state index in [-0.39, 0.29) is 0 Å². The average Bonchev–Trinajstić information content (AvgIpc) is 2.89. The molecule has 1 aliphatic rings. The Bertz CT molecular complexity index is 553. The summed E-state index contributed by atoms with van der Waals surface area (Å²) in [6.07, 6.45) is 1.97. The molecule has 3 rings (SSSR count). The van der Waals surface area contributed by atoms with Crippen LogP contribution in [0.5, 0.6) is 0 Å². The average molecular weight is 334 g/mol. The SMILES string of the molecule is CN1CCN(Cc2ccc(-c3cc(Br)c[nH]3)cc2)CC1. The molecule has 0 unspecified atom stereocenters. The van der Waals surface area contributed by atoms with Gasteiger partial charge in [0.1, 0.15) is 0 Å². The first-order valence-electron chi connectivity index (χ1n) is 7.05. The van der Waals surface area contributed by atoms with Crippen molar-refractivity contribution in [2.45, 2.75) is 6.54 Å². The second-order valence-corrected chi connectivity index (χ2v) is 6.42. The largest absolute Gasteiger partial charge is 0.360 e. The molecule has 4 heteroatoms. The van der Waals surface area contributed by atoms with Crippen LogP contribution in [0.4, 0.5) is 0 Å². The van der Waals surface area contributed by atoms with Gasteiger partial charge in [-0.25, -0.2) is 0 Å². The van der Waals surface area contributed by atoms with E-state index in [1.807, 2.05) is 6.20 Å². The van der Waals surface area contributed by atoms with Crippen molar-refractivity contribution in [1.29, 1.82) is 0 Å². The molecule has 20 heavy (non-hydrogen) atoms. The smallest absolute Gasteiger partial charge is 0.0465 e. The first kappa shape index (κ1) is 13.9. The van der Waals surface area contributed by atoms with Crippen LogP contribution in [0.25, 0.3) is 11.3 Å². The summed E-state index contributed by atoms with van der Waals surface area (Å²) in [6, 6.07) is 11.0. The Hall–Kier alpha value is -1.10. The van der Waals surface area contributed by atoms with Gasteiger partial charge >= 0.3 is 0 Å². The third-order valence-corrected chi connectivity index (χ3v) is 4.37. The van der Waals surface area contributed by atoms with Crippen molar-refractivity contribution in [3.05, 3.63) is 46.6 Å². The number of hydrogen-bond acceptors (Lipinski definition) is 2. The van der Waals surface area contributed by atoms with Gasteiger partial charge in [-0.15, -0.1) is 0 Å². The van der Waals surface area contributed by atoms with Crippen LogP contribution in [0.2, 0.25) is 0 Å². The molecule has 1 fully saturated rings. The predicted octanol–water partition coefficient (Wildman–Crippen LogP) is 3.19. The summed E-state index contributed by atoms with van der Waals surface area (Å²) in [5.74, 6) is 0. The monoisotopic (exact) mass is 333 g/mol. The predicted molar refractivity (Wildman–Crippen MR) is 86.7 cm³/mol. The maximum Gasteiger partial charge on any atom is 0.0465 e. The van der Waals surface area contributed by atoms with Gasteiger partial charge in [0.15, 0.2) is 0 Å². The molecule has 2 heterocycles. The number of hydrogen-bond donors (Lipinski definition) is 1. The quantitative estimate of drug-likeness (QED) is 0.931.